The number of hydrogen-bond donors (Lipinski definition) is 1. The number of amides is 1. The third-order valence-electron chi connectivity index (χ3n) is 2.93. The summed E-state index contributed by atoms with van der Waals surface area (Å²) in [6, 6.07) is 8.38. The quantitative estimate of drug-likeness (QED) is 0.865. The SMILES string of the molecule is NC(=O)Cc1cc(C(F)(F)F)ccc1-c1cccc(F)c1. The van der Waals surface area contributed by atoms with Gasteiger partial charge in [0.2, 0.25) is 5.91 Å². The number of primary amides is 1. The van der Waals surface area contributed by atoms with Gasteiger partial charge in [-0.3, -0.25) is 4.79 Å². The number of benzene rings is 2. The summed E-state index contributed by atoms with van der Waals surface area (Å²) in [4.78, 5) is 11.0. The van der Waals surface area contributed by atoms with Gasteiger partial charge in [-0.2, -0.15) is 13.2 Å². The molecular formula is C15H11F4NO. The van der Waals surface area contributed by atoms with Gasteiger partial charge in [0.25, 0.3) is 0 Å². The first-order chi connectivity index (χ1) is 9.77. The minimum atomic E-state index is -4.52. The van der Waals surface area contributed by atoms with E-state index in [1.807, 2.05) is 0 Å². The van der Waals surface area contributed by atoms with E-state index in [1.165, 1.54) is 24.3 Å². The van der Waals surface area contributed by atoms with E-state index in [0.717, 1.165) is 12.1 Å². The van der Waals surface area contributed by atoms with Crippen molar-refractivity contribution in [1.82, 2.24) is 0 Å². The molecule has 0 aromatic heterocycles. The van der Waals surface area contributed by atoms with Gasteiger partial charge >= 0.3 is 6.18 Å². The zero-order chi connectivity index (χ0) is 15.6. The van der Waals surface area contributed by atoms with Gasteiger partial charge in [0.15, 0.2) is 0 Å². The maximum Gasteiger partial charge on any atom is 0.416 e. The molecule has 2 aromatic carbocycles. The number of carbonyl (C=O) groups excluding carboxylic acids is 1. The molecule has 2 N–H and O–H groups in total. The Morgan fingerprint density at radius 1 is 1.10 bits per heavy atom. The van der Waals surface area contributed by atoms with Gasteiger partial charge in [0.1, 0.15) is 5.82 Å². The molecular weight excluding hydrogens is 286 g/mol. The molecule has 0 aliphatic carbocycles. The Bertz CT molecular complexity index is 680. The second-order valence-electron chi connectivity index (χ2n) is 4.52. The lowest BCUT2D eigenvalue weighted by atomic mass is 9.95. The second kappa shape index (κ2) is 5.55. The molecule has 0 saturated carbocycles. The zero-order valence-corrected chi connectivity index (χ0v) is 10.7. The van der Waals surface area contributed by atoms with E-state index >= 15 is 0 Å². The molecule has 2 aromatic rings. The molecule has 0 unspecified atom stereocenters. The van der Waals surface area contributed by atoms with E-state index < -0.39 is 23.5 Å². The van der Waals surface area contributed by atoms with Gasteiger partial charge in [-0.25, -0.2) is 4.39 Å². The molecule has 6 heteroatoms. The topological polar surface area (TPSA) is 43.1 Å². The lowest BCUT2D eigenvalue weighted by Crippen LogP contribution is -2.15. The van der Waals surface area contributed by atoms with Crippen molar-refractivity contribution in [3.05, 3.63) is 59.4 Å². The zero-order valence-electron chi connectivity index (χ0n) is 10.7. The predicted molar refractivity (Wildman–Crippen MR) is 69.7 cm³/mol. The van der Waals surface area contributed by atoms with Crippen LogP contribution < -0.4 is 5.73 Å². The maximum atomic E-state index is 13.2. The van der Waals surface area contributed by atoms with Crippen LogP contribution in [0.25, 0.3) is 11.1 Å². The van der Waals surface area contributed by atoms with E-state index in [9.17, 15) is 22.4 Å². The average Bonchev–Trinajstić information content (AvgIpc) is 2.36. The first-order valence-electron chi connectivity index (χ1n) is 6.02. The van der Waals surface area contributed by atoms with Crippen LogP contribution in [-0.4, -0.2) is 5.91 Å². The van der Waals surface area contributed by atoms with E-state index in [4.69, 9.17) is 5.73 Å². The largest absolute Gasteiger partial charge is 0.416 e. The highest BCUT2D eigenvalue weighted by Crippen LogP contribution is 2.33. The first-order valence-corrected chi connectivity index (χ1v) is 6.02. The van der Waals surface area contributed by atoms with Crippen LogP contribution >= 0.6 is 0 Å². The molecule has 0 aliphatic rings. The maximum absolute atomic E-state index is 13.2. The number of rotatable bonds is 3. The molecule has 2 nitrogen and oxygen atoms in total. The van der Waals surface area contributed by atoms with Gasteiger partial charge in [0, 0.05) is 0 Å². The van der Waals surface area contributed by atoms with Crippen LogP contribution in [0.1, 0.15) is 11.1 Å². The van der Waals surface area contributed by atoms with Crippen molar-refractivity contribution in [2.45, 2.75) is 12.6 Å². The highest BCUT2D eigenvalue weighted by Gasteiger charge is 2.31. The Kier molecular flexibility index (Phi) is 3.97. The number of alkyl halides is 3. The molecule has 0 aliphatic heterocycles. The molecule has 0 atom stereocenters. The smallest absolute Gasteiger partial charge is 0.369 e. The monoisotopic (exact) mass is 297 g/mol. The van der Waals surface area contributed by atoms with Gasteiger partial charge in [-0.15, -0.1) is 0 Å². The molecule has 0 fully saturated rings. The van der Waals surface area contributed by atoms with Crippen LogP contribution in [0.3, 0.4) is 0 Å². The van der Waals surface area contributed by atoms with Crippen molar-refractivity contribution in [3.8, 4) is 11.1 Å². The number of nitrogens with two attached hydrogens (primary N) is 1. The molecule has 0 radical (unpaired) electrons. The lowest BCUT2D eigenvalue weighted by molar-refractivity contribution is -0.137. The Balaban J connectivity index is 2.57. The number of halogens is 4. The Hall–Kier alpha value is -2.37. The minimum absolute atomic E-state index is 0.114. The molecule has 1 amide bonds. The number of hydrogen-bond acceptors (Lipinski definition) is 1. The molecule has 110 valence electrons. The van der Waals surface area contributed by atoms with Gasteiger partial charge < -0.3 is 5.73 Å². The minimum Gasteiger partial charge on any atom is -0.369 e. The fraction of sp³-hybridized carbons (Fsp3) is 0.133. The fourth-order valence-electron chi connectivity index (χ4n) is 2.04. The van der Waals surface area contributed by atoms with Crippen LogP contribution in [0.4, 0.5) is 17.6 Å². The van der Waals surface area contributed by atoms with Gasteiger partial charge in [0.05, 0.1) is 12.0 Å². The number of carbonyl (C=O) groups is 1. The van der Waals surface area contributed by atoms with Crippen LogP contribution in [-0.2, 0) is 17.4 Å². The van der Waals surface area contributed by atoms with Crippen molar-refractivity contribution in [2.24, 2.45) is 5.73 Å². The molecule has 0 bridgehead atoms. The van der Waals surface area contributed by atoms with E-state index in [-0.39, 0.29) is 12.0 Å². The first kappa shape index (κ1) is 15.0. The van der Waals surface area contributed by atoms with Gasteiger partial charge in [-0.1, -0.05) is 18.2 Å². The lowest BCUT2D eigenvalue weighted by Gasteiger charge is -2.13. The summed E-state index contributed by atoms with van der Waals surface area (Å²) in [7, 11) is 0. The summed E-state index contributed by atoms with van der Waals surface area (Å²) in [6.07, 6.45) is -4.87. The van der Waals surface area contributed by atoms with Crippen LogP contribution in [0.15, 0.2) is 42.5 Å². The van der Waals surface area contributed by atoms with Crippen LogP contribution in [0.2, 0.25) is 0 Å². The van der Waals surface area contributed by atoms with Crippen LogP contribution in [0, 0.1) is 5.82 Å². The third kappa shape index (κ3) is 3.59. The van der Waals surface area contributed by atoms with Crippen molar-refractivity contribution in [3.63, 3.8) is 0 Å². The van der Waals surface area contributed by atoms with Crippen molar-refractivity contribution in [1.29, 1.82) is 0 Å². The average molecular weight is 297 g/mol. The summed E-state index contributed by atoms with van der Waals surface area (Å²) in [6.45, 7) is 0. The summed E-state index contributed by atoms with van der Waals surface area (Å²) in [5.41, 5.74) is 5.04. The summed E-state index contributed by atoms with van der Waals surface area (Å²) < 4.78 is 51.4. The molecule has 21 heavy (non-hydrogen) atoms. The Labute approximate surface area is 118 Å². The van der Waals surface area contributed by atoms with Crippen molar-refractivity contribution in [2.75, 3.05) is 0 Å². The second-order valence-corrected chi connectivity index (χ2v) is 4.52. The molecule has 0 saturated heterocycles. The highest BCUT2D eigenvalue weighted by molar-refractivity contribution is 5.80. The van der Waals surface area contributed by atoms with Crippen molar-refractivity contribution < 1.29 is 22.4 Å². The summed E-state index contributed by atoms with van der Waals surface area (Å²) in [5, 5.41) is 0. The standard InChI is InChI=1S/C15H11F4NO/c16-12-3-1-2-9(7-12)13-5-4-11(15(17,18)19)6-10(13)8-14(20)21/h1-7H,8H2,(H2,20,21). The van der Waals surface area contributed by atoms with E-state index in [1.54, 1.807) is 6.07 Å². The third-order valence-corrected chi connectivity index (χ3v) is 2.93. The molecule has 2 rings (SSSR count). The van der Waals surface area contributed by atoms with E-state index in [2.05, 4.69) is 0 Å². The normalized spacial score (nSPS) is 11.4. The molecule has 0 spiro atoms. The predicted octanol–water partition coefficient (Wildman–Crippen LogP) is 3.54. The molecule has 0 heterocycles. The van der Waals surface area contributed by atoms with Crippen molar-refractivity contribution >= 4 is 5.91 Å². The summed E-state index contributed by atoms with van der Waals surface area (Å²) in [5.74, 6) is -1.27. The van der Waals surface area contributed by atoms with Crippen LogP contribution in [0.5, 0.6) is 0 Å². The van der Waals surface area contributed by atoms with Gasteiger partial charge in [-0.05, 0) is 41.0 Å². The highest BCUT2D eigenvalue weighted by atomic mass is 19.4. The Morgan fingerprint density at radius 2 is 1.81 bits per heavy atom. The van der Waals surface area contributed by atoms with E-state index in [0.29, 0.717) is 11.1 Å². The summed E-state index contributed by atoms with van der Waals surface area (Å²) >= 11 is 0. The Morgan fingerprint density at radius 3 is 2.38 bits per heavy atom. The fourth-order valence-corrected chi connectivity index (χ4v) is 2.04.